The van der Waals surface area contributed by atoms with Crippen LogP contribution in [-0.2, 0) is 22.4 Å². The predicted molar refractivity (Wildman–Crippen MR) is 105 cm³/mol. The van der Waals surface area contributed by atoms with Crippen LogP contribution >= 0.6 is 0 Å². The fraction of sp³-hybridized carbons (Fsp3) is 0.333. The largest absolute Gasteiger partial charge is 0.416 e. The zero-order valence-corrected chi connectivity index (χ0v) is 17.6. The van der Waals surface area contributed by atoms with Crippen molar-refractivity contribution in [1.82, 2.24) is 9.29 Å². The number of piperidine rings is 1. The van der Waals surface area contributed by atoms with Crippen molar-refractivity contribution in [3.8, 4) is 0 Å². The molecule has 0 amide bonds. The number of rotatable bonds is 3. The van der Waals surface area contributed by atoms with Gasteiger partial charge in [0.2, 0.25) is 10.0 Å². The van der Waals surface area contributed by atoms with E-state index in [1.54, 1.807) is 12.3 Å². The summed E-state index contributed by atoms with van der Waals surface area (Å²) in [5.41, 5.74) is -1.90. The maximum absolute atomic E-state index is 13.6. The van der Waals surface area contributed by atoms with Crippen LogP contribution < -0.4 is 0 Å². The molecule has 0 unspecified atom stereocenters. The van der Waals surface area contributed by atoms with E-state index in [2.05, 4.69) is 4.98 Å². The third-order valence-electron chi connectivity index (χ3n) is 5.77. The number of fused-ring (bicyclic) bond motifs is 1. The third-order valence-corrected chi connectivity index (χ3v) is 7.64. The van der Waals surface area contributed by atoms with Crippen molar-refractivity contribution in [2.75, 3.05) is 13.1 Å². The van der Waals surface area contributed by atoms with Crippen molar-refractivity contribution in [2.45, 2.75) is 36.0 Å². The first kappa shape index (κ1) is 23.6. The van der Waals surface area contributed by atoms with Crippen LogP contribution in [0.4, 0.5) is 30.7 Å². The molecule has 178 valence electrons. The highest BCUT2D eigenvalue weighted by molar-refractivity contribution is 7.89. The molecule has 3 aromatic rings. The van der Waals surface area contributed by atoms with Crippen LogP contribution in [0, 0.1) is 5.82 Å². The summed E-state index contributed by atoms with van der Waals surface area (Å²) in [5.74, 6) is -0.590. The van der Waals surface area contributed by atoms with Crippen LogP contribution in [0.25, 0.3) is 10.9 Å². The number of aromatic amines is 1. The number of nitrogens with one attached hydrogen (secondary N) is 1. The summed E-state index contributed by atoms with van der Waals surface area (Å²) in [6, 6.07) is 4.55. The molecule has 1 N–H and O–H groups in total. The van der Waals surface area contributed by atoms with E-state index in [9.17, 15) is 39.2 Å². The number of sulfonamides is 1. The van der Waals surface area contributed by atoms with Crippen LogP contribution in [0.5, 0.6) is 0 Å². The molecule has 12 heteroatoms. The van der Waals surface area contributed by atoms with E-state index in [1.807, 2.05) is 0 Å². The van der Waals surface area contributed by atoms with Crippen LogP contribution in [0.1, 0.15) is 35.4 Å². The fourth-order valence-electron chi connectivity index (χ4n) is 4.08. The van der Waals surface area contributed by atoms with Crippen LogP contribution in [-0.4, -0.2) is 30.8 Å². The molecule has 1 fully saturated rings. The molecule has 33 heavy (non-hydrogen) atoms. The van der Waals surface area contributed by atoms with Crippen molar-refractivity contribution >= 4 is 20.9 Å². The molecule has 0 saturated carbocycles. The average Bonchev–Trinajstić information content (AvgIpc) is 3.15. The van der Waals surface area contributed by atoms with E-state index in [0.717, 1.165) is 9.87 Å². The molecule has 4 rings (SSSR count). The fourth-order valence-corrected chi connectivity index (χ4v) is 5.63. The Kier molecular flexibility index (Phi) is 5.72. The second kappa shape index (κ2) is 8.01. The standard InChI is InChI=1S/C21H17F7N2O2S/c22-15-1-2-19-17(10-15)18(11-29-19)12-3-5-30(6-4-12)33(31,32)16-8-13(20(23,24)25)7-14(9-16)21(26,27)28/h1-2,7-12,29H,3-6H2. The summed E-state index contributed by atoms with van der Waals surface area (Å²) in [7, 11) is -4.60. The molecule has 1 aliphatic rings. The zero-order chi connectivity index (χ0) is 24.2. The maximum atomic E-state index is 13.6. The molecule has 0 atom stereocenters. The van der Waals surface area contributed by atoms with Gasteiger partial charge in [0, 0.05) is 30.2 Å². The molecular formula is C21H17F7N2O2S. The first-order valence-electron chi connectivity index (χ1n) is 9.83. The van der Waals surface area contributed by atoms with Gasteiger partial charge in [-0.05, 0) is 60.7 Å². The minimum atomic E-state index is -5.15. The zero-order valence-electron chi connectivity index (χ0n) is 16.8. The molecular weight excluding hydrogens is 477 g/mol. The highest BCUT2D eigenvalue weighted by atomic mass is 32.2. The second-order valence-electron chi connectivity index (χ2n) is 7.85. The highest BCUT2D eigenvalue weighted by Gasteiger charge is 2.39. The normalized spacial score (nSPS) is 17.1. The van der Waals surface area contributed by atoms with Gasteiger partial charge in [-0.1, -0.05) is 0 Å². The molecule has 2 heterocycles. The number of hydrogen-bond donors (Lipinski definition) is 1. The van der Waals surface area contributed by atoms with E-state index >= 15 is 0 Å². The Morgan fingerprint density at radius 1 is 0.879 bits per heavy atom. The Bertz CT molecular complexity index is 1260. The van der Waals surface area contributed by atoms with E-state index < -0.39 is 44.2 Å². The number of H-pyrrole nitrogens is 1. The van der Waals surface area contributed by atoms with Crippen molar-refractivity contribution in [3.63, 3.8) is 0 Å². The number of alkyl halides is 6. The Labute approximate surface area is 184 Å². The SMILES string of the molecule is O=S(=O)(c1cc(C(F)(F)F)cc(C(F)(F)F)c1)N1CCC(c2c[nH]c3ccc(F)cc23)CC1. The van der Waals surface area contributed by atoms with E-state index in [1.165, 1.54) is 12.1 Å². The Morgan fingerprint density at radius 2 is 1.45 bits per heavy atom. The van der Waals surface area contributed by atoms with Gasteiger partial charge in [-0.3, -0.25) is 0 Å². The number of aromatic nitrogens is 1. The second-order valence-corrected chi connectivity index (χ2v) is 9.79. The van der Waals surface area contributed by atoms with Gasteiger partial charge in [-0.25, -0.2) is 12.8 Å². The summed E-state index contributed by atoms with van der Waals surface area (Å²) >= 11 is 0. The molecule has 2 aromatic carbocycles. The molecule has 4 nitrogen and oxygen atoms in total. The van der Waals surface area contributed by atoms with E-state index in [0.29, 0.717) is 10.9 Å². The Balaban J connectivity index is 1.61. The van der Waals surface area contributed by atoms with E-state index in [4.69, 9.17) is 0 Å². The smallest absolute Gasteiger partial charge is 0.361 e. The number of halogens is 7. The lowest BCUT2D eigenvalue weighted by Gasteiger charge is -2.31. The molecule has 1 aromatic heterocycles. The topological polar surface area (TPSA) is 53.2 Å². The van der Waals surface area contributed by atoms with Gasteiger partial charge in [0.1, 0.15) is 5.82 Å². The first-order chi connectivity index (χ1) is 15.3. The van der Waals surface area contributed by atoms with Gasteiger partial charge in [0.05, 0.1) is 16.0 Å². The molecule has 1 saturated heterocycles. The van der Waals surface area contributed by atoms with Gasteiger partial charge in [-0.2, -0.15) is 30.6 Å². The third kappa shape index (κ3) is 4.58. The van der Waals surface area contributed by atoms with E-state index in [-0.39, 0.29) is 50.0 Å². The maximum Gasteiger partial charge on any atom is 0.416 e. The van der Waals surface area contributed by atoms with Gasteiger partial charge in [-0.15, -0.1) is 0 Å². The lowest BCUT2D eigenvalue weighted by Crippen LogP contribution is -2.38. The van der Waals surface area contributed by atoms with Gasteiger partial charge in [0.15, 0.2) is 0 Å². The lowest BCUT2D eigenvalue weighted by molar-refractivity contribution is -0.143. The van der Waals surface area contributed by atoms with Crippen molar-refractivity contribution in [1.29, 1.82) is 0 Å². The van der Waals surface area contributed by atoms with Crippen molar-refractivity contribution in [3.05, 3.63) is 65.1 Å². The molecule has 0 aliphatic carbocycles. The monoisotopic (exact) mass is 494 g/mol. The minimum Gasteiger partial charge on any atom is -0.361 e. The highest BCUT2D eigenvalue weighted by Crippen LogP contribution is 2.39. The predicted octanol–water partition coefficient (Wildman–Crippen LogP) is 5.91. The van der Waals surface area contributed by atoms with Crippen molar-refractivity contribution in [2.24, 2.45) is 0 Å². The quantitative estimate of drug-likeness (QED) is 0.460. The Morgan fingerprint density at radius 3 is 2.00 bits per heavy atom. The average molecular weight is 494 g/mol. The van der Waals surface area contributed by atoms with Gasteiger partial charge < -0.3 is 4.98 Å². The summed E-state index contributed by atoms with van der Waals surface area (Å²) in [6.45, 7) is -0.209. The van der Waals surface area contributed by atoms with Crippen molar-refractivity contribution < 1.29 is 39.2 Å². The molecule has 0 spiro atoms. The summed E-state index contributed by atoms with van der Waals surface area (Å²) in [5, 5.41) is 0.643. The number of hydrogen-bond acceptors (Lipinski definition) is 2. The Hall–Kier alpha value is -2.60. The minimum absolute atomic E-state index is 0.105. The van der Waals surface area contributed by atoms with Crippen LogP contribution in [0.15, 0.2) is 47.5 Å². The molecule has 1 aliphatic heterocycles. The molecule has 0 bridgehead atoms. The number of benzene rings is 2. The van der Waals surface area contributed by atoms with Crippen LogP contribution in [0.2, 0.25) is 0 Å². The van der Waals surface area contributed by atoms with Gasteiger partial charge >= 0.3 is 12.4 Å². The molecule has 0 radical (unpaired) electrons. The summed E-state index contributed by atoms with van der Waals surface area (Å²) < 4.78 is 119. The first-order valence-corrected chi connectivity index (χ1v) is 11.3. The summed E-state index contributed by atoms with van der Waals surface area (Å²) in [4.78, 5) is 1.95. The number of nitrogens with zero attached hydrogens (tertiary/aromatic N) is 1. The lowest BCUT2D eigenvalue weighted by atomic mass is 9.90. The summed E-state index contributed by atoms with van der Waals surface area (Å²) in [6.07, 6.45) is -8.06. The van der Waals surface area contributed by atoms with Crippen LogP contribution in [0.3, 0.4) is 0 Å². The van der Waals surface area contributed by atoms with Gasteiger partial charge in [0.25, 0.3) is 0 Å².